The van der Waals surface area contributed by atoms with E-state index in [0.717, 1.165) is 4.31 Å². The molecule has 0 aromatic carbocycles. The fourth-order valence-corrected chi connectivity index (χ4v) is 7.26. The molecule has 0 radical (unpaired) electrons. The lowest BCUT2D eigenvalue weighted by Crippen LogP contribution is -2.69. The van der Waals surface area contributed by atoms with E-state index >= 15 is 0 Å². The first-order chi connectivity index (χ1) is 19.7. The van der Waals surface area contributed by atoms with Gasteiger partial charge in [0, 0.05) is 74.2 Å². The second-order valence-electron chi connectivity index (χ2n) is 10.9. The molecule has 4 rings (SSSR count). The van der Waals surface area contributed by atoms with Crippen molar-refractivity contribution in [2.24, 2.45) is 5.73 Å². The zero-order valence-electron chi connectivity index (χ0n) is 22.9. The van der Waals surface area contributed by atoms with Crippen molar-refractivity contribution < 1.29 is 44.7 Å². The van der Waals surface area contributed by atoms with Gasteiger partial charge in [-0.1, -0.05) is 18.3 Å². The van der Waals surface area contributed by atoms with Gasteiger partial charge in [0.1, 0.15) is 5.54 Å². The number of carbonyl (C=O) groups is 1. The Morgan fingerprint density at radius 3 is 2.28 bits per heavy atom. The third kappa shape index (κ3) is 5.77. The van der Waals surface area contributed by atoms with Crippen molar-refractivity contribution in [3.05, 3.63) is 46.5 Å². The van der Waals surface area contributed by atoms with E-state index in [9.17, 15) is 44.7 Å². The molecule has 2 fully saturated rings. The van der Waals surface area contributed by atoms with Gasteiger partial charge in [-0.15, -0.1) is 0 Å². The van der Waals surface area contributed by atoms with Crippen LogP contribution in [0.2, 0.25) is 0 Å². The van der Waals surface area contributed by atoms with Crippen LogP contribution in [0, 0.1) is 0 Å². The highest BCUT2D eigenvalue weighted by Crippen LogP contribution is 2.49. The predicted molar refractivity (Wildman–Crippen MR) is 144 cm³/mol. The smallest absolute Gasteiger partial charge is 0.399 e. The number of piperazine rings is 2. The summed E-state index contributed by atoms with van der Waals surface area (Å²) in [5, 5.41) is 15.6. The third-order valence-electron chi connectivity index (χ3n) is 7.78. The number of nitrogens with zero attached hydrogens (tertiary/aromatic N) is 4. The van der Waals surface area contributed by atoms with Crippen molar-refractivity contribution >= 4 is 33.0 Å². The van der Waals surface area contributed by atoms with Crippen molar-refractivity contribution in [2.75, 3.05) is 39.3 Å². The SMILES string of the molecule is CC1(C)C(=O)NCCN1C[C@@]1(c2ncc(C(O)(C(F)(F)F)C(F)(F)F)cn2)CN(S(=O)(=O)C2=CC(N)=CCC2=S)CCN1. The zero-order chi connectivity index (χ0) is 32.2. The summed E-state index contributed by atoms with van der Waals surface area (Å²) in [6.07, 6.45) is -9.04. The molecule has 2 aliphatic heterocycles. The van der Waals surface area contributed by atoms with Crippen LogP contribution in [0.4, 0.5) is 26.3 Å². The van der Waals surface area contributed by atoms with Gasteiger partial charge in [0.25, 0.3) is 5.60 Å². The van der Waals surface area contributed by atoms with Crippen molar-refractivity contribution in [1.82, 2.24) is 29.8 Å². The summed E-state index contributed by atoms with van der Waals surface area (Å²) in [5.41, 5.74) is -3.72. The van der Waals surface area contributed by atoms with Crippen LogP contribution >= 0.6 is 12.2 Å². The highest BCUT2D eigenvalue weighted by Gasteiger charge is 2.72. The van der Waals surface area contributed by atoms with Crippen molar-refractivity contribution in [2.45, 2.75) is 49.3 Å². The van der Waals surface area contributed by atoms with Crippen LogP contribution in [-0.2, 0) is 26.0 Å². The van der Waals surface area contributed by atoms with Crippen molar-refractivity contribution in [3.8, 4) is 0 Å². The minimum Gasteiger partial charge on any atom is -0.399 e. The molecule has 238 valence electrons. The molecule has 1 aromatic rings. The molecule has 0 saturated carbocycles. The van der Waals surface area contributed by atoms with Crippen LogP contribution in [0.5, 0.6) is 0 Å². The quantitative estimate of drug-likeness (QED) is 0.257. The van der Waals surface area contributed by atoms with Crippen LogP contribution in [0.25, 0.3) is 0 Å². The Morgan fingerprint density at radius 2 is 1.70 bits per heavy atom. The number of alkyl halides is 6. The summed E-state index contributed by atoms with van der Waals surface area (Å²) in [4.78, 5) is 21.8. The number of aromatic nitrogens is 2. The molecule has 43 heavy (non-hydrogen) atoms. The first-order valence-corrected chi connectivity index (χ1v) is 14.7. The standard InChI is InChI=1S/C24H29F6N7O4S2/c1-20(2)19(38)32-5-7-36(20)12-21(18-33-10-14(11-34-18)22(39,23(25,26)27)24(28,29)30)13-37(8-6-35-21)43(40,41)17-9-15(31)3-4-16(17)42/h3,9-11,35,39H,4-8,12-13,31H2,1-2H3,(H,32,38)/t21-/m0/s1. The van der Waals surface area contributed by atoms with Gasteiger partial charge >= 0.3 is 12.4 Å². The van der Waals surface area contributed by atoms with Crippen molar-refractivity contribution in [3.63, 3.8) is 0 Å². The number of carbonyl (C=O) groups excluding carboxylic acids is 1. The Morgan fingerprint density at radius 1 is 1.09 bits per heavy atom. The maximum absolute atomic E-state index is 13.8. The first kappa shape index (κ1) is 33.2. The average Bonchev–Trinajstić information content (AvgIpc) is 2.91. The van der Waals surface area contributed by atoms with E-state index in [2.05, 4.69) is 20.6 Å². The van der Waals surface area contributed by atoms with Crippen LogP contribution in [0.15, 0.2) is 35.1 Å². The maximum Gasteiger partial charge on any atom is 0.430 e. The molecule has 0 spiro atoms. The highest BCUT2D eigenvalue weighted by molar-refractivity contribution is 7.96. The van der Waals surface area contributed by atoms with Crippen LogP contribution in [-0.4, -0.2) is 101 Å². The second-order valence-corrected chi connectivity index (χ2v) is 13.3. The molecule has 0 unspecified atom stereocenters. The Hall–Kier alpha value is -2.71. The van der Waals surface area contributed by atoms with E-state index in [4.69, 9.17) is 18.0 Å². The summed E-state index contributed by atoms with van der Waals surface area (Å²) in [6, 6.07) is 0. The Kier molecular flexibility index (Phi) is 8.51. The number of allylic oxidation sites excluding steroid dienone is 3. The number of sulfonamides is 1. The minimum atomic E-state index is -6.16. The van der Waals surface area contributed by atoms with Gasteiger partial charge in [0.05, 0.1) is 10.4 Å². The molecule has 1 atom stereocenters. The van der Waals surface area contributed by atoms with E-state index in [-0.39, 0.29) is 78.7 Å². The van der Waals surface area contributed by atoms with Crippen LogP contribution in [0.3, 0.4) is 0 Å². The van der Waals surface area contributed by atoms with E-state index < -0.39 is 51.2 Å². The summed E-state index contributed by atoms with van der Waals surface area (Å²) in [5.74, 6) is -0.713. The summed E-state index contributed by atoms with van der Waals surface area (Å²) in [6.45, 7) is 2.96. The van der Waals surface area contributed by atoms with E-state index in [1.54, 1.807) is 24.8 Å². The fraction of sp³-hybridized carbons (Fsp3) is 0.583. The van der Waals surface area contributed by atoms with Gasteiger partial charge in [-0.3, -0.25) is 9.69 Å². The topological polar surface area (TPSA) is 154 Å². The summed E-state index contributed by atoms with van der Waals surface area (Å²) < 4.78 is 109. The number of nitrogens with two attached hydrogens (primary N) is 1. The zero-order valence-corrected chi connectivity index (χ0v) is 24.5. The normalized spacial score (nSPS) is 24.8. The summed E-state index contributed by atoms with van der Waals surface area (Å²) in [7, 11) is -4.30. The monoisotopic (exact) mass is 657 g/mol. The number of hydrogen-bond donors (Lipinski definition) is 4. The van der Waals surface area contributed by atoms with E-state index in [1.165, 1.54) is 6.08 Å². The Labute approximate surface area is 248 Å². The molecule has 2 saturated heterocycles. The van der Waals surface area contributed by atoms with E-state index in [1.807, 2.05) is 0 Å². The van der Waals surface area contributed by atoms with Gasteiger partial charge in [0.2, 0.25) is 15.9 Å². The van der Waals surface area contributed by atoms with Crippen LogP contribution in [0.1, 0.15) is 31.7 Å². The molecule has 11 nitrogen and oxygen atoms in total. The molecule has 0 bridgehead atoms. The lowest BCUT2D eigenvalue weighted by molar-refractivity contribution is -0.376. The second kappa shape index (κ2) is 11.0. The van der Waals surface area contributed by atoms with Gasteiger partial charge < -0.3 is 21.5 Å². The van der Waals surface area contributed by atoms with Gasteiger partial charge in [-0.25, -0.2) is 18.4 Å². The fourth-order valence-electron chi connectivity index (χ4n) is 5.14. The van der Waals surface area contributed by atoms with Gasteiger partial charge in [0.15, 0.2) is 5.82 Å². The number of amides is 1. The molecular formula is C24H29F6N7O4S2. The van der Waals surface area contributed by atoms with Crippen molar-refractivity contribution in [1.29, 1.82) is 0 Å². The number of hydrogen-bond acceptors (Lipinski definition) is 10. The number of thiocarbonyl (C=S) groups is 1. The molecule has 3 heterocycles. The number of aliphatic hydroxyl groups is 1. The maximum atomic E-state index is 13.8. The highest BCUT2D eigenvalue weighted by atomic mass is 32.2. The molecule has 1 amide bonds. The Bertz CT molecular complexity index is 1450. The van der Waals surface area contributed by atoms with E-state index in [0.29, 0.717) is 0 Å². The Balaban J connectivity index is 1.81. The third-order valence-corrected chi connectivity index (χ3v) is 10.2. The number of halogens is 6. The number of rotatable bonds is 6. The molecule has 3 aliphatic rings. The van der Waals surface area contributed by atoms with Gasteiger partial charge in [-0.2, -0.15) is 30.6 Å². The minimum absolute atomic E-state index is 0.0365. The molecule has 19 heteroatoms. The molecule has 1 aromatic heterocycles. The number of nitrogens with one attached hydrogen (secondary N) is 2. The van der Waals surface area contributed by atoms with Gasteiger partial charge in [-0.05, 0) is 19.9 Å². The predicted octanol–water partition coefficient (Wildman–Crippen LogP) is 0.930. The first-order valence-electron chi connectivity index (χ1n) is 12.8. The molecular weight excluding hydrogens is 628 g/mol. The molecule has 1 aliphatic carbocycles. The lowest BCUT2D eigenvalue weighted by Gasteiger charge is -2.49. The molecule has 5 N–H and O–H groups in total. The largest absolute Gasteiger partial charge is 0.430 e. The summed E-state index contributed by atoms with van der Waals surface area (Å²) >= 11 is 5.26. The average molecular weight is 658 g/mol. The lowest BCUT2D eigenvalue weighted by atomic mass is 9.90. The van der Waals surface area contributed by atoms with Crippen LogP contribution < -0.4 is 16.4 Å².